The Labute approximate surface area is 175 Å². The number of benzene rings is 1. The average Bonchev–Trinajstić information content (AvgIpc) is 2.88. The summed E-state index contributed by atoms with van der Waals surface area (Å²) < 4.78 is 26.8. The van der Waals surface area contributed by atoms with Crippen molar-refractivity contribution in [3.63, 3.8) is 0 Å². The summed E-state index contributed by atoms with van der Waals surface area (Å²) in [5.41, 5.74) is 4.86. The minimum atomic E-state index is -3.40. The number of amides is 1. The molecular formula is C20H24N6O3S. The van der Waals surface area contributed by atoms with E-state index in [-0.39, 0.29) is 12.3 Å². The summed E-state index contributed by atoms with van der Waals surface area (Å²) in [5.74, 6) is 0.234. The fourth-order valence-corrected chi connectivity index (χ4v) is 3.72. The van der Waals surface area contributed by atoms with Crippen LogP contribution in [-0.4, -0.2) is 40.3 Å². The van der Waals surface area contributed by atoms with Crippen LogP contribution in [0, 0.1) is 27.7 Å². The van der Waals surface area contributed by atoms with Crippen molar-refractivity contribution in [2.45, 2.75) is 34.1 Å². The lowest BCUT2D eigenvalue weighted by molar-refractivity contribution is -0.115. The van der Waals surface area contributed by atoms with E-state index >= 15 is 0 Å². The van der Waals surface area contributed by atoms with E-state index in [2.05, 4.69) is 25.1 Å². The van der Waals surface area contributed by atoms with Crippen LogP contribution in [0.15, 0.2) is 30.3 Å². The Morgan fingerprint density at radius 3 is 2.30 bits per heavy atom. The molecular weight excluding hydrogens is 404 g/mol. The quantitative estimate of drug-likeness (QED) is 0.622. The first kappa shape index (κ1) is 21.4. The van der Waals surface area contributed by atoms with Gasteiger partial charge in [-0.05, 0) is 52.0 Å². The van der Waals surface area contributed by atoms with Gasteiger partial charge in [-0.15, -0.1) is 0 Å². The Bertz CT molecular complexity index is 1200. The van der Waals surface area contributed by atoms with Gasteiger partial charge in [-0.2, -0.15) is 5.10 Å². The molecule has 0 saturated carbocycles. The number of rotatable bonds is 6. The lowest BCUT2D eigenvalue weighted by Crippen LogP contribution is -2.16. The molecule has 1 amide bonds. The first-order valence-corrected chi connectivity index (χ1v) is 11.2. The SMILES string of the molecule is Cc1cc(C)nc(-n2nc(C)c(CC(=O)Nc3cccc(NS(C)(=O)=O)c3)c2C)n1. The van der Waals surface area contributed by atoms with E-state index < -0.39 is 10.0 Å². The maximum absolute atomic E-state index is 12.6. The highest BCUT2D eigenvalue weighted by Crippen LogP contribution is 2.19. The lowest BCUT2D eigenvalue weighted by atomic mass is 10.1. The molecule has 0 spiro atoms. The van der Waals surface area contributed by atoms with Gasteiger partial charge in [-0.1, -0.05) is 6.07 Å². The molecule has 0 radical (unpaired) electrons. The van der Waals surface area contributed by atoms with E-state index in [1.54, 1.807) is 28.9 Å². The van der Waals surface area contributed by atoms with Gasteiger partial charge < -0.3 is 5.32 Å². The average molecular weight is 429 g/mol. The van der Waals surface area contributed by atoms with E-state index in [0.29, 0.717) is 17.3 Å². The van der Waals surface area contributed by atoms with E-state index in [0.717, 1.165) is 34.6 Å². The Balaban J connectivity index is 1.79. The summed E-state index contributed by atoms with van der Waals surface area (Å²) in [6, 6.07) is 8.41. The number of anilines is 2. The molecule has 2 aromatic heterocycles. The van der Waals surface area contributed by atoms with E-state index in [1.807, 2.05) is 33.8 Å². The minimum Gasteiger partial charge on any atom is -0.326 e. The minimum absolute atomic E-state index is 0.117. The molecule has 10 heteroatoms. The van der Waals surface area contributed by atoms with Crippen LogP contribution < -0.4 is 10.0 Å². The zero-order valence-electron chi connectivity index (χ0n) is 17.5. The summed E-state index contributed by atoms with van der Waals surface area (Å²) in [5, 5.41) is 7.31. The highest BCUT2D eigenvalue weighted by molar-refractivity contribution is 7.92. The van der Waals surface area contributed by atoms with Crippen LogP contribution in [0.2, 0.25) is 0 Å². The predicted octanol–water partition coefficient (Wildman–Crippen LogP) is 2.45. The molecule has 0 aliphatic rings. The van der Waals surface area contributed by atoms with Gasteiger partial charge in [0.1, 0.15) is 0 Å². The molecule has 9 nitrogen and oxygen atoms in total. The van der Waals surface area contributed by atoms with Gasteiger partial charge in [0, 0.05) is 28.3 Å². The Morgan fingerprint density at radius 2 is 1.67 bits per heavy atom. The second-order valence-electron chi connectivity index (χ2n) is 7.19. The largest absolute Gasteiger partial charge is 0.326 e. The number of sulfonamides is 1. The fraction of sp³-hybridized carbons (Fsp3) is 0.300. The molecule has 3 rings (SSSR count). The van der Waals surface area contributed by atoms with Crippen LogP contribution in [-0.2, 0) is 21.2 Å². The van der Waals surface area contributed by atoms with Gasteiger partial charge in [0.2, 0.25) is 15.9 Å². The molecule has 0 aliphatic heterocycles. The van der Waals surface area contributed by atoms with Crippen molar-refractivity contribution in [2.75, 3.05) is 16.3 Å². The number of nitrogens with zero attached hydrogens (tertiary/aromatic N) is 4. The summed E-state index contributed by atoms with van der Waals surface area (Å²) in [6.07, 6.45) is 1.19. The van der Waals surface area contributed by atoms with Crippen LogP contribution in [0.3, 0.4) is 0 Å². The number of aromatic nitrogens is 4. The highest BCUT2D eigenvalue weighted by atomic mass is 32.2. The van der Waals surface area contributed by atoms with Gasteiger partial charge in [0.25, 0.3) is 5.95 Å². The first-order chi connectivity index (χ1) is 14.0. The van der Waals surface area contributed by atoms with Gasteiger partial charge >= 0.3 is 0 Å². The van der Waals surface area contributed by atoms with Gasteiger partial charge in [0.05, 0.1) is 24.1 Å². The van der Waals surface area contributed by atoms with Crippen molar-refractivity contribution >= 4 is 27.3 Å². The van der Waals surface area contributed by atoms with Crippen molar-refractivity contribution in [3.8, 4) is 5.95 Å². The Hall–Kier alpha value is -3.27. The second-order valence-corrected chi connectivity index (χ2v) is 8.94. The van der Waals surface area contributed by atoms with Crippen LogP contribution >= 0.6 is 0 Å². The van der Waals surface area contributed by atoms with Gasteiger partial charge in [0.15, 0.2) is 0 Å². The fourth-order valence-electron chi connectivity index (χ4n) is 3.17. The predicted molar refractivity (Wildman–Crippen MR) is 115 cm³/mol. The number of carbonyl (C=O) groups is 1. The van der Waals surface area contributed by atoms with E-state index in [1.165, 1.54) is 0 Å². The van der Waals surface area contributed by atoms with Crippen molar-refractivity contribution in [1.29, 1.82) is 0 Å². The van der Waals surface area contributed by atoms with Crippen molar-refractivity contribution in [3.05, 3.63) is 58.7 Å². The van der Waals surface area contributed by atoms with E-state index in [9.17, 15) is 13.2 Å². The normalized spacial score (nSPS) is 11.4. The van der Waals surface area contributed by atoms with Gasteiger partial charge in [-0.3, -0.25) is 9.52 Å². The Morgan fingerprint density at radius 1 is 1.03 bits per heavy atom. The number of aryl methyl sites for hydroxylation is 3. The van der Waals surface area contributed by atoms with Crippen LogP contribution in [0.5, 0.6) is 0 Å². The Kier molecular flexibility index (Phi) is 5.88. The third-order valence-corrected chi connectivity index (χ3v) is 4.99. The van der Waals surface area contributed by atoms with E-state index in [4.69, 9.17) is 0 Å². The maximum atomic E-state index is 12.6. The molecule has 0 fully saturated rings. The third kappa shape index (κ3) is 5.20. The van der Waals surface area contributed by atoms with Crippen molar-refractivity contribution in [1.82, 2.24) is 19.7 Å². The molecule has 3 aromatic rings. The standard InChI is InChI=1S/C20H24N6O3S/c1-12-9-13(2)22-20(21-12)26-15(4)18(14(3)24-26)11-19(27)23-16-7-6-8-17(10-16)25-30(5,28)29/h6-10,25H,11H2,1-5H3,(H,23,27). The summed E-state index contributed by atoms with van der Waals surface area (Å²) in [4.78, 5) is 21.5. The van der Waals surface area contributed by atoms with Crippen molar-refractivity contribution < 1.29 is 13.2 Å². The molecule has 2 heterocycles. The third-order valence-electron chi connectivity index (χ3n) is 4.39. The van der Waals surface area contributed by atoms with Crippen LogP contribution in [0.1, 0.15) is 28.3 Å². The number of hydrogen-bond donors (Lipinski definition) is 2. The molecule has 0 aliphatic carbocycles. The molecule has 0 atom stereocenters. The zero-order chi connectivity index (χ0) is 22.1. The summed E-state index contributed by atoms with van der Waals surface area (Å²) in [6.45, 7) is 7.50. The van der Waals surface area contributed by atoms with Gasteiger partial charge in [-0.25, -0.2) is 23.1 Å². The van der Waals surface area contributed by atoms with Crippen molar-refractivity contribution in [2.24, 2.45) is 0 Å². The molecule has 1 aromatic carbocycles. The van der Waals surface area contributed by atoms with Crippen LogP contribution in [0.25, 0.3) is 5.95 Å². The molecule has 0 saturated heterocycles. The molecule has 30 heavy (non-hydrogen) atoms. The molecule has 2 N–H and O–H groups in total. The molecule has 0 bridgehead atoms. The maximum Gasteiger partial charge on any atom is 0.251 e. The monoisotopic (exact) mass is 428 g/mol. The molecule has 0 unspecified atom stereocenters. The zero-order valence-corrected chi connectivity index (χ0v) is 18.3. The lowest BCUT2D eigenvalue weighted by Gasteiger charge is -2.09. The number of carbonyl (C=O) groups excluding carboxylic acids is 1. The first-order valence-electron chi connectivity index (χ1n) is 9.27. The second kappa shape index (κ2) is 8.23. The summed E-state index contributed by atoms with van der Waals surface area (Å²) in [7, 11) is -3.40. The number of hydrogen-bond acceptors (Lipinski definition) is 6. The molecule has 158 valence electrons. The number of nitrogens with one attached hydrogen (secondary N) is 2. The van der Waals surface area contributed by atoms with Crippen LogP contribution in [0.4, 0.5) is 11.4 Å². The highest BCUT2D eigenvalue weighted by Gasteiger charge is 2.18. The smallest absolute Gasteiger partial charge is 0.251 e. The topological polar surface area (TPSA) is 119 Å². The summed E-state index contributed by atoms with van der Waals surface area (Å²) >= 11 is 0.